The van der Waals surface area contributed by atoms with Gasteiger partial charge in [-0.2, -0.15) is 0 Å². The SMILES string of the molecule is CCOc1cc(CNC(C)(C)CC)cc(Br)c1OCc1ccccc1Cl.Cl. The van der Waals surface area contributed by atoms with Crippen LogP contribution in [0.4, 0.5) is 0 Å². The molecule has 0 aliphatic rings. The maximum absolute atomic E-state index is 6.22. The molecule has 0 heterocycles. The molecule has 2 aromatic rings. The highest BCUT2D eigenvalue weighted by Crippen LogP contribution is 2.38. The van der Waals surface area contributed by atoms with Crippen molar-refractivity contribution in [3.8, 4) is 11.5 Å². The Bertz CT molecular complexity index is 738. The van der Waals surface area contributed by atoms with Crippen LogP contribution in [-0.4, -0.2) is 12.1 Å². The lowest BCUT2D eigenvalue weighted by Crippen LogP contribution is -2.37. The van der Waals surface area contributed by atoms with Crippen LogP contribution in [0.5, 0.6) is 11.5 Å². The maximum atomic E-state index is 6.22. The summed E-state index contributed by atoms with van der Waals surface area (Å²) in [4.78, 5) is 0. The van der Waals surface area contributed by atoms with Gasteiger partial charge in [-0.1, -0.05) is 36.7 Å². The zero-order valence-electron chi connectivity index (χ0n) is 16.3. The quantitative estimate of drug-likeness (QED) is 0.432. The van der Waals surface area contributed by atoms with E-state index in [9.17, 15) is 0 Å². The molecule has 0 unspecified atom stereocenters. The Balaban J connectivity index is 0.00000364. The number of ether oxygens (including phenoxy) is 2. The molecule has 0 bridgehead atoms. The number of hydrogen-bond donors (Lipinski definition) is 1. The van der Waals surface area contributed by atoms with Crippen LogP contribution in [0, 0.1) is 0 Å². The van der Waals surface area contributed by atoms with Gasteiger partial charge in [-0.15, -0.1) is 12.4 Å². The van der Waals surface area contributed by atoms with Gasteiger partial charge in [0.15, 0.2) is 11.5 Å². The topological polar surface area (TPSA) is 30.5 Å². The predicted molar refractivity (Wildman–Crippen MR) is 120 cm³/mol. The van der Waals surface area contributed by atoms with E-state index in [1.165, 1.54) is 0 Å². The number of rotatable bonds is 9. The Morgan fingerprint density at radius 1 is 1.11 bits per heavy atom. The lowest BCUT2D eigenvalue weighted by Gasteiger charge is -2.25. The van der Waals surface area contributed by atoms with Crippen molar-refractivity contribution in [3.63, 3.8) is 0 Å². The van der Waals surface area contributed by atoms with Gasteiger partial charge < -0.3 is 14.8 Å². The number of benzene rings is 2. The van der Waals surface area contributed by atoms with Crippen molar-refractivity contribution in [2.24, 2.45) is 0 Å². The molecule has 0 radical (unpaired) electrons. The van der Waals surface area contributed by atoms with Gasteiger partial charge in [0.1, 0.15) is 6.61 Å². The van der Waals surface area contributed by atoms with Crippen molar-refractivity contribution in [1.82, 2.24) is 5.32 Å². The molecule has 6 heteroatoms. The average molecular weight is 477 g/mol. The Morgan fingerprint density at radius 3 is 2.44 bits per heavy atom. The molecule has 0 saturated heterocycles. The second kappa shape index (κ2) is 11.2. The molecule has 0 amide bonds. The molecule has 150 valence electrons. The van der Waals surface area contributed by atoms with Crippen molar-refractivity contribution < 1.29 is 9.47 Å². The Morgan fingerprint density at radius 2 is 1.81 bits per heavy atom. The van der Waals surface area contributed by atoms with Gasteiger partial charge in [0.25, 0.3) is 0 Å². The van der Waals surface area contributed by atoms with Crippen molar-refractivity contribution in [2.45, 2.75) is 52.8 Å². The molecule has 0 aliphatic carbocycles. The van der Waals surface area contributed by atoms with Gasteiger partial charge in [0, 0.05) is 22.7 Å². The van der Waals surface area contributed by atoms with Crippen LogP contribution in [0.15, 0.2) is 40.9 Å². The first-order chi connectivity index (χ1) is 12.4. The van der Waals surface area contributed by atoms with Crippen LogP contribution in [0.2, 0.25) is 5.02 Å². The van der Waals surface area contributed by atoms with Gasteiger partial charge in [-0.05, 0) is 66.9 Å². The Hall–Kier alpha value is -0.940. The molecule has 0 atom stereocenters. The highest BCUT2D eigenvalue weighted by molar-refractivity contribution is 9.10. The van der Waals surface area contributed by atoms with E-state index in [0.29, 0.717) is 24.0 Å². The number of nitrogens with one attached hydrogen (secondary N) is 1. The fourth-order valence-electron chi connectivity index (χ4n) is 2.36. The van der Waals surface area contributed by atoms with Crippen LogP contribution >= 0.6 is 39.9 Å². The monoisotopic (exact) mass is 475 g/mol. The standard InChI is InChI=1S/C21H27BrClNO2.ClH/c1-5-21(3,4)24-13-15-11-17(22)20(19(12-15)25-6-2)26-14-16-9-7-8-10-18(16)23;/h7-12,24H,5-6,13-14H2,1-4H3;1H. The van der Waals surface area contributed by atoms with E-state index in [-0.39, 0.29) is 17.9 Å². The highest BCUT2D eigenvalue weighted by Gasteiger charge is 2.16. The number of hydrogen-bond acceptors (Lipinski definition) is 3. The predicted octanol–water partition coefficient (Wildman–Crippen LogP) is 6.78. The summed E-state index contributed by atoms with van der Waals surface area (Å²) < 4.78 is 12.7. The van der Waals surface area contributed by atoms with Gasteiger partial charge in [-0.25, -0.2) is 0 Å². The summed E-state index contributed by atoms with van der Waals surface area (Å²) in [5.41, 5.74) is 2.18. The molecule has 0 aliphatic heterocycles. The van der Waals surface area contributed by atoms with Gasteiger partial charge in [0.2, 0.25) is 0 Å². The molecule has 0 spiro atoms. The molecular weight excluding hydrogens is 449 g/mol. The van der Waals surface area contributed by atoms with E-state index in [1.54, 1.807) is 0 Å². The summed E-state index contributed by atoms with van der Waals surface area (Å²) in [6, 6.07) is 11.8. The average Bonchev–Trinajstić information content (AvgIpc) is 2.61. The molecule has 2 rings (SSSR count). The first-order valence-electron chi connectivity index (χ1n) is 8.92. The third-order valence-electron chi connectivity index (χ3n) is 4.35. The van der Waals surface area contributed by atoms with Crippen LogP contribution in [0.25, 0.3) is 0 Å². The summed E-state index contributed by atoms with van der Waals surface area (Å²) in [6.45, 7) is 10.3. The van der Waals surface area contributed by atoms with E-state index >= 15 is 0 Å². The highest BCUT2D eigenvalue weighted by atomic mass is 79.9. The van der Waals surface area contributed by atoms with Crippen LogP contribution in [-0.2, 0) is 13.2 Å². The fraction of sp³-hybridized carbons (Fsp3) is 0.429. The first-order valence-corrected chi connectivity index (χ1v) is 10.1. The smallest absolute Gasteiger partial charge is 0.175 e. The van der Waals surface area contributed by atoms with Crippen LogP contribution in [0.3, 0.4) is 0 Å². The lowest BCUT2D eigenvalue weighted by molar-refractivity contribution is 0.267. The Labute approximate surface area is 182 Å². The van der Waals surface area contributed by atoms with Gasteiger partial charge in [0.05, 0.1) is 11.1 Å². The van der Waals surface area contributed by atoms with Crippen molar-refractivity contribution in [2.75, 3.05) is 6.61 Å². The zero-order chi connectivity index (χ0) is 19.2. The minimum Gasteiger partial charge on any atom is -0.490 e. The zero-order valence-corrected chi connectivity index (χ0v) is 19.4. The lowest BCUT2D eigenvalue weighted by atomic mass is 10.0. The Kier molecular flexibility index (Phi) is 9.96. The first kappa shape index (κ1) is 24.1. The second-order valence-electron chi connectivity index (χ2n) is 6.81. The van der Waals surface area contributed by atoms with Crippen LogP contribution in [0.1, 0.15) is 45.2 Å². The largest absolute Gasteiger partial charge is 0.490 e. The van der Waals surface area contributed by atoms with E-state index in [0.717, 1.165) is 34.3 Å². The van der Waals surface area contributed by atoms with E-state index in [2.05, 4.69) is 48.1 Å². The second-order valence-corrected chi connectivity index (χ2v) is 8.07. The number of halogens is 3. The summed E-state index contributed by atoms with van der Waals surface area (Å²) in [6.07, 6.45) is 1.06. The summed E-state index contributed by atoms with van der Waals surface area (Å²) in [7, 11) is 0. The van der Waals surface area contributed by atoms with Gasteiger partial charge >= 0.3 is 0 Å². The summed E-state index contributed by atoms with van der Waals surface area (Å²) >= 11 is 9.85. The fourth-order valence-corrected chi connectivity index (χ4v) is 3.15. The molecule has 3 nitrogen and oxygen atoms in total. The summed E-state index contributed by atoms with van der Waals surface area (Å²) in [5.74, 6) is 1.44. The molecule has 0 saturated carbocycles. The minimum absolute atomic E-state index is 0. The molecule has 2 aromatic carbocycles. The maximum Gasteiger partial charge on any atom is 0.175 e. The van der Waals surface area contributed by atoms with Crippen molar-refractivity contribution >= 4 is 39.9 Å². The van der Waals surface area contributed by atoms with E-state index < -0.39 is 0 Å². The molecule has 1 N–H and O–H groups in total. The van der Waals surface area contributed by atoms with Gasteiger partial charge in [-0.3, -0.25) is 0 Å². The third kappa shape index (κ3) is 7.19. The molecule has 27 heavy (non-hydrogen) atoms. The molecule has 0 aromatic heterocycles. The molecule has 0 fully saturated rings. The van der Waals surface area contributed by atoms with Crippen molar-refractivity contribution in [1.29, 1.82) is 0 Å². The van der Waals surface area contributed by atoms with E-state index in [4.69, 9.17) is 21.1 Å². The van der Waals surface area contributed by atoms with Crippen molar-refractivity contribution in [3.05, 3.63) is 57.0 Å². The third-order valence-corrected chi connectivity index (χ3v) is 5.31. The molecular formula is C21H28BrCl2NO2. The van der Waals surface area contributed by atoms with Crippen LogP contribution < -0.4 is 14.8 Å². The van der Waals surface area contributed by atoms with E-state index in [1.807, 2.05) is 37.3 Å². The normalized spacial score (nSPS) is 11.0. The minimum atomic E-state index is 0. The summed E-state index contributed by atoms with van der Waals surface area (Å²) in [5, 5.41) is 4.27.